The van der Waals surface area contributed by atoms with E-state index < -0.39 is 35.4 Å². The van der Waals surface area contributed by atoms with E-state index >= 15 is 0 Å². The summed E-state index contributed by atoms with van der Waals surface area (Å²) in [5.74, 6) is -2.65. The number of amidine groups is 1. The first kappa shape index (κ1) is 23.6. The van der Waals surface area contributed by atoms with E-state index in [1.807, 2.05) is 0 Å². The van der Waals surface area contributed by atoms with E-state index in [0.717, 1.165) is 6.07 Å². The molecule has 1 aliphatic heterocycles. The smallest absolute Gasteiger partial charge is 0.248 e. The van der Waals surface area contributed by atoms with Crippen LogP contribution in [0.4, 0.5) is 27.8 Å². The van der Waals surface area contributed by atoms with Gasteiger partial charge in [0.1, 0.15) is 11.5 Å². The van der Waals surface area contributed by atoms with Gasteiger partial charge in [-0.3, -0.25) is 5.73 Å². The summed E-state index contributed by atoms with van der Waals surface area (Å²) in [7, 11) is 0. The Morgan fingerprint density at radius 2 is 1.61 bits per heavy atom. The van der Waals surface area contributed by atoms with Gasteiger partial charge in [-0.1, -0.05) is 0 Å². The Bertz CT molecular complexity index is 932. The van der Waals surface area contributed by atoms with Crippen LogP contribution in [0.5, 0.6) is 0 Å². The van der Waals surface area contributed by atoms with Gasteiger partial charge in [-0.2, -0.15) is 0 Å². The third-order valence-corrected chi connectivity index (χ3v) is 6.41. The minimum atomic E-state index is -2.77. The van der Waals surface area contributed by atoms with Crippen LogP contribution in [0.25, 0.3) is 0 Å². The standard InChI is InChI=1S/C20H27F5N8/c21-13-1-2-14(33-27)29-15(13)16-30-17(28-12-5-9-19(24,25)10-6-12)32-20(26,31-16)11-3-7-18(22,23)8-4-11/h1-2,11-12H,3-10,26-27H2,(H,29,33)(H2,28,30,31,32). The molecule has 4 rings (SSSR count). The molecule has 1 aromatic rings. The molecule has 8 nitrogen and oxygen atoms in total. The monoisotopic (exact) mass is 474 g/mol. The van der Waals surface area contributed by atoms with Gasteiger partial charge in [0.05, 0.1) is 6.04 Å². The number of nitrogens with one attached hydrogen (secondary N) is 3. The van der Waals surface area contributed by atoms with Crippen LogP contribution >= 0.6 is 0 Å². The zero-order chi connectivity index (χ0) is 23.9. The van der Waals surface area contributed by atoms with E-state index in [4.69, 9.17) is 11.6 Å². The van der Waals surface area contributed by atoms with Gasteiger partial charge in [0.15, 0.2) is 23.4 Å². The molecular formula is C20H27F5N8. The van der Waals surface area contributed by atoms with Crippen LogP contribution in [0.2, 0.25) is 0 Å². The average Bonchev–Trinajstić information content (AvgIpc) is 2.75. The lowest BCUT2D eigenvalue weighted by Crippen LogP contribution is -2.67. The maximum absolute atomic E-state index is 14.6. The normalized spacial score (nSPS) is 29.2. The number of hydrazine groups is 1. The lowest BCUT2D eigenvalue weighted by atomic mass is 9.82. The van der Waals surface area contributed by atoms with Crippen molar-refractivity contribution in [2.75, 3.05) is 5.43 Å². The lowest BCUT2D eigenvalue weighted by Gasteiger charge is -2.42. The van der Waals surface area contributed by atoms with Crippen molar-refractivity contribution in [3.8, 4) is 0 Å². The molecule has 1 atom stereocenters. The summed E-state index contributed by atoms with van der Waals surface area (Å²) in [5, 5.41) is 5.79. The van der Waals surface area contributed by atoms with Crippen molar-refractivity contribution in [1.29, 1.82) is 0 Å². The lowest BCUT2D eigenvalue weighted by molar-refractivity contribution is -0.0554. The van der Waals surface area contributed by atoms with E-state index in [1.54, 1.807) is 0 Å². The summed E-state index contributed by atoms with van der Waals surface area (Å²) in [6.45, 7) is 0. The quantitative estimate of drug-likeness (QED) is 0.260. The molecule has 1 unspecified atom stereocenters. The molecule has 2 heterocycles. The van der Waals surface area contributed by atoms with Crippen molar-refractivity contribution in [3.05, 3.63) is 23.6 Å². The van der Waals surface area contributed by atoms with Gasteiger partial charge in [-0.25, -0.2) is 42.8 Å². The highest BCUT2D eigenvalue weighted by atomic mass is 19.3. The number of aliphatic imine (C=N–C) groups is 2. The summed E-state index contributed by atoms with van der Waals surface area (Å²) in [4.78, 5) is 13.0. The minimum absolute atomic E-state index is 0.0527. The SMILES string of the molecule is NNc1ccc(F)c(C2=NC(N)(C3CCC(F)(F)CC3)NC(=NC3CCC(F)(F)CC3)N2)n1. The van der Waals surface area contributed by atoms with E-state index in [-0.39, 0.29) is 74.7 Å². The van der Waals surface area contributed by atoms with Crippen molar-refractivity contribution < 1.29 is 22.0 Å². The number of alkyl halides is 4. The molecular weight excluding hydrogens is 447 g/mol. The molecule has 0 spiro atoms. The summed E-state index contributed by atoms with van der Waals surface area (Å²) < 4.78 is 69.1. The first-order valence-electron chi connectivity index (χ1n) is 10.9. The number of hydrogen-bond donors (Lipinski definition) is 5. The number of aromatic nitrogens is 1. The second kappa shape index (κ2) is 8.67. The molecule has 2 saturated carbocycles. The van der Waals surface area contributed by atoms with Gasteiger partial charge < -0.3 is 16.1 Å². The number of halogens is 5. The fraction of sp³-hybridized carbons (Fsp3) is 0.650. The van der Waals surface area contributed by atoms with Gasteiger partial charge in [0, 0.05) is 31.6 Å². The predicted octanol–water partition coefficient (Wildman–Crippen LogP) is 2.82. The van der Waals surface area contributed by atoms with Gasteiger partial charge in [-0.15, -0.1) is 0 Å². The first-order valence-corrected chi connectivity index (χ1v) is 10.9. The van der Waals surface area contributed by atoms with E-state index in [0.29, 0.717) is 0 Å². The largest absolute Gasteiger partial charge is 0.319 e. The summed E-state index contributed by atoms with van der Waals surface area (Å²) >= 11 is 0. The highest BCUT2D eigenvalue weighted by Gasteiger charge is 2.46. The molecule has 0 amide bonds. The molecule has 0 bridgehead atoms. The topological polar surface area (TPSA) is 126 Å². The number of hydrogen-bond acceptors (Lipinski definition) is 6. The van der Waals surface area contributed by atoms with E-state index in [2.05, 4.69) is 31.0 Å². The van der Waals surface area contributed by atoms with Crippen LogP contribution in [-0.2, 0) is 0 Å². The molecule has 2 fully saturated rings. The summed E-state index contributed by atoms with van der Waals surface area (Å²) in [6.07, 6.45) is -0.757. The highest BCUT2D eigenvalue weighted by Crippen LogP contribution is 2.40. The molecule has 2 aliphatic carbocycles. The third-order valence-electron chi connectivity index (χ3n) is 6.41. The Kier molecular flexibility index (Phi) is 6.20. The maximum atomic E-state index is 14.6. The van der Waals surface area contributed by atoms with Gasteiger partial charge in [-0.05, 0) is 37.8 Å². The minimum Gasteiger partial charge on any atom is -0.319 e. The van der Waals surface area contributed by atoms with Crippen LogP contribution in [0, 0.1) is 11.7 Å². The van der Waals surface area contributed by atoms with Crippen molar-refractivity contribution in [2.45, 2.75) is 75.0 Å². The molecule has 33 heavy (non-hydrogen) atoms. The second-order valence-electron chi connectivity index (χ2n) is 8.90. The number of nitrogens with zero attached hydrogens (tertiary/aromatic N) is 3. The van der Waals surface area contributed by atoms with Crippen LogP contribution in [0.15, 0.2) is 22.1 Å². The molecule has 0 saturated heterocycles. The summed E-state index contributed by atoms with van der Waals surface area (Å²) in [6, 6.07) is 2.06. The Morgan fingerprint density at radius 3 is 2.21 bits per heavy atom. The number of pyridine rings is 1. The van der Waals surface area contributed by atoms with Crippen molar-refractivity contribution >= 4 is 17.6 Å². The van der Waals surface area contributed by atoms with E-state index in [9.17, 15) is 22.0 Å². The number of nitrogens with two attached hydrogens (primary N) is 2. The molecule has 0 aromatic carbocycles. The Hall–Kier alpha value is -2.54. The van der Waals surface area contributed by atoms with Crippen LogP contribution < -0.4 is 27.6 Å². The maximum Gasteiger partial charge on any atom is 0.248 e. The Labute approximate surface area is 187 Å². The van der Waals surface area contributed by atoms with Crippen molar-refractivity contribution in [2.24, 2.45) is 27.5 Å². The fourth-order valence-electron chi connectivity index (χ4n) is 4.45. The zero-order valence-corrected chi connectivity index (χ0v) is 17.9. The second-order valence-corrected chi connectivity index (χ2v) is 8.90. The van der Waals surface area contributed by atoms with Crippen molar-refractivity contribution in [1.82, 2.24) is 15.6 Å². The molecule has 3 aliphatic rings. The van der Waals surface area contributed by atoms with E-state index in [1.165, 1.54) is 6.07 Å². The molecule has 0 radical (unpaired) electrons. The number of anilines is 1. The third kappa shape index (κ3) is 5.35. The first-order chi connectivity index (χ1) is 15.5. The highest BCUT2D eigenvalue weighted by molar-refractivity contribution is 6.10. The number of rotatable bonds is 4. The average molecular weight is 474 g/mol. The van der Waals surface area contributed by atoms with Crippen LogP contribution in [0.1, 0.15) is 57.1 Å². The molecule has 1 aromatic heterocycles. The Morgan fingerprint density at radius 1 is 1.00 bits per heavy atom. The molecule has 7 N–H and O–H groups in total. The van der Waals surface area contributed by atoms with Gasteiger partial charge in [0.25, 0.3) is 0 Å². The zero-order valence-electron chi connectivity index (χ0n) is 17.9. The van der Waals surface area contributed by atoms with Gasteiger partial charge in [0.2, 0.25) is 11.8 Å². The number of nitrogen functional groups attached to an aromatic ring is 1. The summed E-state index contributed by atoms with van der Waals surface area (Å²) in [5.41, 5.74) is 8.66. The van der Waals surface area contributed by atoms with Crippen molar-refractivity contribution in [3.63, 3.8) is 0 Å². The van der Waals surface area contributed by atoms with Gasteiger partial charge >= 0.3 is 0 Å². The predicted molar refractivity (Wildman–Crippen MR) is 113 cm³/mol. The number of guanidine groups is 1. The van der Waals surface area contributed by atoms with Crippen LogP contribution in [0.3, 0.4) is 0 Å². The molecule has 182 valence electrons. The Balaban J connectivity index is 1.66. The van der Waals surface area contributed by atoms with Crippen LogP contribution in [-0.4, -0.2) is 40.5 Å². The molecule has 13 heteroatoms. The fourth-order valence-corrected chi connectivity index (χ4v) is 4.45.